The Balaban J connectivity index is 2.18. The summed E-state index contributed by atoms with van der Waals surface area (Å²) in [7, 11) is 0. The Hall–Kier alpha value is -2.60. The maximum absolute atomic E-state index is 2.42. The first-order valence-electron chi connectivity index (χ1n) is 26.5. The summed E-state index contributed by atoms with van der Waals surface area (Å²) < 4.78 is 0. The van der Waals surface area contributed by atoms with Crippen molar-refractivity contribution in [1.29, 1.82) is 0 Å². The first-order valence-corrected chi connectivity index (χ1v) is 26.5. The van der Waals surface area contributed by atoms with Crippen LogP contribution < -0.4 is 0 Å². The van der Waals surface area contributed by atoms with Crippen LogP contribution in [0.15, 0.2) is 122 Å². The highest BCUT2D eigenvalue weighted by Gasteiger charge is 1.93. The van der Waals surface area contributed by atoms with Crippen LogP contribution in [0.2, 0.25) is 0 Å². The molecule has 0 saturated carbocycles. The fraction of sp³-hybridized carbons (Fsp3) is 0.667. The van der Waals surface area contributed by atoms with Crippen molar-refractivity contribution in [2.75, 3.05) is 0 Å². The minimum Gasteiger partial charge on any atom is -0.0885 e. The van der Waals surface area contributed by atoms with Gasteiger partial charge in [0.25, 0.3) is 0 Å². The Kier molecular flexibility index (Phi) is 48.5. The molecule has 0 nitrogen and oxygen atoms in total. The third-order valence-electron chi connectivity index (χ3n) is 11.6. The lowest BCUT2D eigenvalue weighted by atomic mass is 10.1. The van der Waals surface area contributed by atoms with Crippen molar-refractivity contribution < 1.29 is 0 Å². The molecule has 0 unspecified atom stereocenters. The lowest BCUT2D eigenvalue weighted by Gasteiger charge is -1.98. The van der Waals surface area contributed by atoms with Gasteiger partial charge in [0, 0.05) is 0 Å². The summed E-state index contributed by atoms with van der Waals surface area (Å²) in [4.78, 5) is 0. The van der Waals surface area contributed by atoms with Gasteiger partial charge in [0.05, 0.1) is 0 Å². The third-order valence-corrected chi connectivity index (χ3v) is 11.6. The second kappa shape index (κ2) is 52.5. The molecule has 1 aliphatic rings. The second-order valence-corrected chi connectivity index (χ2v) is 17.6. The van der Waals surface area contributed by atoms with Crippen LogP contribution in [0.5, 0.6) is 0 Å². The van der Waals surface area contributed by atoms with Crippen molar-refractivity contribution in [2.24, 2.45) is 0 Å². The van der Waals surface area contributed by atoms with Crippen molar-refractivity contribution in [1.82, 2.24) is 0 Å². The van der Waals surface area contributed by atoms with Gasteiger partial charge in [-0.25, -0.2) is 0 Å². The third kappa shape index (κ3) is 49.8. The molecule has 0 bridgehead atoms. The largest absolute Gasteiger partial charge is 0.0885 e. The SMILES string of the molecule is C1=C\CCCCCC/C=C\CC/C=C\CCCCCC/C=C\CC/C=C\CCCCCC/C=C\CC/C=C\CCCCCC/C=C\CC/C=C\CCCCCC/C=C\CC/1. The van der Waals surface area contributed by atoms with Crippen LogP contribution >= 0.6 is 0 Å². The first-order chi connectivity index (χ1) is 30.0. The average Bonchev–Trinajstić information content (AvgIpc) is 3.26. The Morgan fingerprint density at radius 2 is 0.167 bits per heavy atom. The van der Waals surface area contributed by atoms with Gasteiger partial charge in [-0.3, -0.25) is 0 Å². The molecule has 340 valence electrons. The lowest BCUT2D eigenvalue weighted by Crippen LogP contribution is -1.78. The molecule has 0 aliphatic heterocycles. The molecule has 0 aromatic carbocycles. The molecule has 0 amide bonds. The van der Waals surface area contributed by atoms with Crippen molar-refractivity contribution in [2.45, 2.75) is 257 Å². The number of allylic oxidation sites excluding steroid dienone is 20. The fourth-order valence-corrected chi connectivity index (χ4v) is 7.71. The summed E-state index contributed by atoms with van der Waals surface area (Å²) in [6, 6.07) is 0. The molecule has 0 fully saturated rings. The van der Waals surface area contributed by atoms with E-state index in [0.29, 0.717) is 0 Å². The van der Waals surface area contributed by atoms with Crippen LogP contribution in [0.4, 0.5) is 0 Å². The van der Waals surface area contributed by atoms with Crippen LogP contribution in [-0.2, 0) is 0 Å². The second-order valence-electron chi connectivity index (χ2n) is 17.6. The predicted molar refractivity (Wildman–Crippen MR) is 276 cm³/mol. The van der Waals surface area contributed by atoms with E-state index in [1.54, 1.807) is 0 Å². The molecule has 0 saturated heterocycles. The van der Waals surface area contributed by atoms with Gasteiger partial charge in [0.2, 0.25) is 0 Å². The highest BCUT2D eigenvalue weighted by Crippen LogP contribution is 2.13. The van der Waals surface area contributed by atoms with E-state index in [4.69, 9.17) is 0 Å². The Labute approximate surface area is 376 Å². The molecular weight excluding hydrogens is 721 g/mol. The van der Waals surface area contributed by atoms with E-state index in [1.807, 2.05) is 0 Å². The maximum Gasteiger partial charge on any atom is -0.0316 e. The summed E-state index contributed by atoms with van der Waals surface area (Å²) in [5.74, 6) is 0. The maximum atomic E-state index is 2.42. The topological polar surface area (TPSA) is 0 Å². The van der Waals surface area contributed by atoms with E-state index in [2.05, 4.69) is 122 Å². The van der Waals surface area contributed by atoms with Gasteiger partial charge < -0.3 is 0 Å². The lowest BCUT2D eigenvalue weighted by molar-refractivity contribution is 0.650. The van der Waals surface area contributed by atoms with E-state index in [1.165, 1.54) is 257 Å². The normalized spacial score (nSPS) is 26.7. The fourth-order valence-electron chi connectivity index (χ4n) is 7.71. The molecule has 60 heavy (non-hydrogen) atoms. The molecule has 0 aromatic heterocycles. The van der Waals surface area contributed by atoms with Crippen LogP contribution in [0, 0.1) is 0 Å². The highest BCUT2D eigenvalue weighted by atomic mass is 14.0. The molecule has 0 aromatic rings. The molecule has 0 radical (unpaired) electrons. The van der Waals surface area contributed by atoms with Crippen LogP contribution in [0.3, 0.4) is 0 Å². The van der Waals surface area contributed by atoms with Gasteiger partial charge in [0.1, 0.15) is 0 Å². The van der Waals surface area contributed by atoms with E-state index >= 15 is 0 Å². The van der Waals surface area contributed by atoms with Gasteiger partial charge >= 0.3 is 0 Å². The van der Waals surface area contributed by atoms with E-state index in [0.717, 1.165) is 0 Å². The monoisotopic (exact) mass is 821 g/mol. The molecule has 0 spiro atoms. The van der Waals surface area contributed by atoms with Gasteiger partial charge in [-0.1, -0.05) is 186 Å². The summed E-state index contributed by atoms with van der Waals surface area (Å²) in [5, 5.41) is 0. The van der Waals surface area contributed by atoms with Crippen molar-refractivity contribution in [3.05, 3.63) is 122 Å². The Bertz CT molecular complexity index is 830. The first kappa shape index (κ1) is 55.4. The van der Waals surface area contributed by atoms with E-state index in [-0.39, 0.29) is 0 Å². The smallest absolute Gasteiger partial charge is 0.0316 e. The number of rotatable bonds is 0. The molecule has 0 N–H and O–H groups in total. The van der Waals surface area contributed by atoms with Crippen LogP contribution in [-0.4, -0.2) is 0 Å². The number of hydrogen-bond donors (Lipinski definition) is 0. The summed E-state index contributed by atoms with van der Waals surface area (Å²) in [6.45, 7) is 0. The zero-order chi connectivity index (χ0) is 42.4. The molecule has 0 heteroatoms. The molecule has 0 heterocycles. The quantitative estimate of drug-likeness (QED) is 0.214. The van der Waals surface area contributed by atoms with Gasteiger partial charge in [-0.15, -0.1) is 0 Å². The summed E-state index contributed by atoms with van der Waals surface area (Å²) in [6.07, 6.45) is 100.0. The van der Waals surface area contributed by atoms with Crippen molar-refractivity contribution in [3.8, 4) is 0 Å². The molecular formula is C60H100. The number of hydrogen-bond acceptors (Lipinski definition) is 0. The Morgan fingerprint density at radius 1 is 0.0833 bits per heavy atom. The van der Waals surface area contributed by atoms with E-state index < -0.39 is 0 Å². The van der Waals surface area contributed by atoms with Gasteiger partial charge in [-0.2, -0.15) is 0 Å². The Morgan fingerprint density at radius 3 is 0.267 bits per heavy atom. The van der Waals surface area contributed by atoms with E-state index in [9.17, 15) is 0 Å². The summed E-state index contributed by atoms with van der Waals surface area (Å²) >= 11 is 0. The van der Waals surface area contributed by atoms with Gasteiger partial charge in [0.15, 0.2) is 0 Å². The van der Waals surface area contributed by atoms with Crippen molar-refractivity contribution in [3.63, 3.8) is 0 Å². The van der Waals surface area contributed by atoms with Crippen LogP contribution in [0.1, 0.15) is 257 Å². The molecule has 0 atom stereocenters. The van der Waals surface area contributed by atoms with Gasteiger partial charge in [-0.05, 0) is 193 Å². The minimum atomic E-state index is 1.20. The standard InChI is InChI=1S/C60H100/c1-2-4-6-8-10-12-14-16-18-20-22-24-26-28-30-32-34-36-38-40-42-44-46-48-50-52-54-56-58-60-59-57-55-53-51-49-47-45-43-41-39-37-35-33-31-29-27-25-23-21-19-17-15-13-11-9-7-5-3-1/h1-2,7,9,16,18,23-26,31,33,40,42,47-50,55,57H,3-6,8,10-15,17,19-22,27-30,32,34-39,41,43-46,51-54,56,58-60H2/b2-1-,9-7-,18-16-,25-23-,26-24-,33-31-,42-40-,49-47-,50-48-,57-55-. The average molecular weight is 821 g/mol. The molecule has 1 aliphatic carbocycles. The van der Waals surface area contributed by atoms with Crippen LogP contribution in [0.25, 0.3) is 0 Å². The minimum absolute atomic E-state index is 1.20. The van der Waals surface area contributed by atoms with Crippen molar-refractivity contribution >= 4 is 0 Å². The zero-order valence-corrected chi connectivity index (χ0v) is 39.8. The molecule has 1 rings (SSSR count). The summed E-state index contributed by atoms with van der Waals surface area (Å²) in [5.41, 5.74) is 0. The zero-order valence-electron chi connectivity index (χ0n) is 39.8. The predicted octanol–water partition coefficient (Wildman–Crippen LogP) is 21.2. The highest BCUT2D eigenvalue weighted by molar-refractivity contribution is 4.92.